The van der Waals surface area contributed by atoms with Crippen LogP contribution in [0, 0.1) is 5.82 Å². The molecule has 3 N–H and O–H groups in total. The molecule has 150 valence electrons. The minimum atomic E-state index is -1.81. The molecule has 5 rings (SSSR count). The number of hydrogen-bond donors (Lipinski definition) is 3. The first kappa shape index (κ1) is 18.4. The molecule has 0 fully saturated rings. The van der Waals surface area contributed by atoms with Gasteiger partial charge in [-0.05, 0) is 24.3 Å². The number of ether oxygens (including phenoxy) is 1. The van der Waals surface area contributed by atoms with Crippen molar-refractivity contribution in [2.45, 2.75) is 15.8 Å². The number of carbonyl (C=O) groups excluding carboxylic acids is 1. The van der Waals surface area contributed by atoms with Crippen molar-refractivity contribution in [2.75, 3.05) is 5.32 Å². The number of aromatic nitrogens is 1. The molecule has 0 saturated carbocycles. The number of amides is 2. The van der Waals surface area contributed by atoms with Crippen LogP contribution in [0.3, 0.4) is 0 Å². The van der Waals surface area contributed by atoms with E-state index >= 15 is 4.39 Å². The van der Waals surface area contributed by atoms with Crippen molar-refractivity contribution >= 4 is 29.4 Å². The minimum Gasteiger partial charge on any atom is -0.480 e. The fraction of sp³-hybridized carbons (Fsp3) is 0.0952. The van der Waals surface area contributed by atoms with Crippen molar-refractivity contribution in [1.82, 2.24) is 10.3 Å². The van der Waals surface area contributed by atoms with E-state index in [9.17, 15) is 14.7 Å². The van der Waals surface area contributed by atoms with E-state index in [4.69, 9.17) is 4.74 Å². The van der Waals surface area contributed by atoms with E-state index in [1.807, 2.05) is 6.07 Å². The van der Waals surface area contributed by atoms with Gasteiger partial charge >= 0.3 is 12.0 Å². The summed E-state index contributed by atoms with van der Waals surface area (Å²) < 4.78 is 19.1. The lowest BCUT2D eigenvalue weighted by Crippen LogP contribution is -2.48. The van der Waals surface area contributed by atoms with Gasteiger partial charge in [-0.3, -0.25) is 4.79 Å². The molecule has 0 spiro atoms. The van der Waals surface area contributed by atoms with Crippen LogP contribution in [-0.4, -0.2) is 22.1 Å². The number of para-hydroxylation sites is 1. The molecule has 0 radical (unpaired) electrons. The molecule has 7 nitrogen and oxygen atoms in total. The fourth-order valence-corrected chi connectivity index (χ4v) is 5.19. The molecule has 9 heteroatoms. The van der Waals surface area contributed by atoms with Crippen LogP contribution in [0.25, 0.3) is 0 Å². The van der Waals surface area contributed by atoms with Crippen LogP contribution >= 0.6 is 11.8 Å². The Kier molecular flexibility index (Phi) is 4.14. The van der Waals surface area contributed by atoms with Gasteiger partial charge in [-0.1, -0.05) is 36.0 Å². The Morgan fingerprint density at radius 2 is 1.97 bits per heavy atom. The lowest BCUT2D eigenvalue weighted by molar-refractivity contribution is -0.141. The smallest absolute Gasteiger partial charge is 0.327 e. The number of halogens is 1. The van der Waals surface area contributed by atoms with Gasteiger partial charge in [0.25, 0.3) is 0 Å². The van der Waals surface area contributed by atoms with Crippen molar-refractivity contribution in [1.29, 1.82) is 0 Å². The number of nitrogens with one attached hydrogen (secondary N) is 2. The van der Waals surface area contributed by atoms with Crippen LogP contribution < -0.4 is 15.4 Å². The number of rotatable bonds is 4. The molecule has 2 amide bonds. The minimum absolute atomic E-state index is 0.0726. The lowest BCUT2D eigenvalue weighted by Gasteiger charge is -2.34. The zero-order valence-electron chi connectivity index (χ0n) is 15.3. The van der Waals surface area contributed by atoms with E-state index < -0.39 is 28.6 Å². The summed E-state index contributed by atoms with van der Waals surface area (Å²) >= 11 is 0.912. The molecule has 0 bridgehead atoms. The van der Waals surface area contributed by atoms with Crippen molar-refractivity contribution in [2.24, 2.45) is 0 Å². The normalized spacial score (nSPS) is 21.4. The average molecular weight is 423 g/mol. The molecule has 1 aromatic heterocycles. The van der Waals surface area contributed by atoms with Gasteiger partial charge < -0.3 is 20.5 Å². The van der Waals surface area contributed by atoms with Crippen LogP contribution in [0.4, 0.5) is 14.9 Å². The number of urea groups is 1. The number of pyridine rings is 1. The van der Waals surface area contributed by atoms with Gasteiger partial charge in [-0.15, -0.1) is 0 Å². The highest BCUT2D eigenvalue weighted by Gasteiger charge is 2.59. The number of carboxylic acids is 1. The molecule has 0 aliphatic carbocycles. The number of hydrogen-bond acceptors (Lipinski definition) is 5. The molecule has 2 aromatic carbocycles. The number of carbonyl (C=O) groups is 2. The summed E-state index contributed by atoms with van der Waals surface area (Å²) in [5, 5.41) is 15.9. The van der Waals surface area contributed by atoms with E-state index in [1.54, 1.807) is 30.3 Å². The van der Waals surface area contributed by atoms with Crippen LogP contribution in [0.1, 0.15) is 17.2 Å². The topological polar surface area (TPSA) is 101 Å². The summed E-state index contributed by atoms with van der Waals surface area (Å²) in [6, 6.07) is 13.0. The Bertz CT molecular complexity index is 1190. The highest BCUT2D eigenvalue weighted by atomic mass is 32.2. The van der Waals surface area contributed by atoms with E-state index in [0.717, 1.165) is 17.8 Å². The molecule has 2 aliphatic rings. The summed E-state index contributed by atoms with van der Waals surface area (Å²) in [7, 11) is 0. The Balaban J connectivity index is 1.60. The third kappa shape index (κ3) is 2.70. The molecule has 3 aromatic rings. The van der Waals surface area contributed by atoms with Crippen molar-refractivity contribution < 1.29 is 23.8 Å². The first-order valence-corrected chi connectivity index (χ1v) is 9.82. The number of anilines is 1. The first-order valence-electron chi connectivity index (χ1n) is 9.01. The van der Waals surface area contributed by atoms with E-state index in [1.165, 1.54) is 18.3 Å². The third-order valence-electron chi connectivity index (χ3n) is 5.07. The van der Waals surface area contributed by atoms with Crippen molar-refractivity contribution in [3.8, 4) is 11.5 Å². The Labute approximate surface area is 174 Å². The summed E-state index contributed by atoms with van der Waals surface area (Å²) in [5.41, 5.74) is 0.930. The van der Waals surface area contributed by atoms with Crippen LogP contribution in [0.5, 0.6) is 11.5 Å². The third-order valence-corrected chi connectivity index (χ3v) is 6.54. The van der Waals surface area contributed by atoms with Gasteiger partial charge in [0.15, 0.2) is 4.75 Å². The number of benzene rings is 2. The second-order valence-electron chi connectivity index (χ2n) is 6.81. The SMILES string of the molecule is O=C1Nc2ccnc3c2C(N1)C(C(=O)O)(c1ccc(Oc2ccccc2)cc1F)S3. The fourth-order valence-electron chi connectivity index (χ4n) is 3.78. The Morgan fingerprint density at radius 3 is 2.70 bits per heavy atom. The Morgan fingerprint density at radius 1 is 1.17 bits per heavy atom. The summed E-state index contributed by atoms with van der Waals surface area (Å²) in [6.07, 6.45) is 1.48. The average Bonchev–Trinajstić information content (AvgIpc) is 3.05. The standard InChI is InChI=1S/C21H14FN3O4S/c22-14-10-12(29-11-4-2-1-3-5-11)6-7-13(14)21(19(26)27)17-16-15(24-20(28)25-17)8-9-23-18(16)30-21/h1-10,17H,(H,26,27)(H2,24,25,28). The molecular weight excluding hydrogens is 409 g/mol. The molecular formula is C21H14FN3O4S. The second kappa shape index (κ2) is 6.74. The van der Waals surface area contributed by atoms with Gasteiger partial charge in [-0.25, -0.2) is 14.2 Å². The quantitative estimate of drug-likeness (QED) is 0.579. The first-order chi connectivity index (χ1) is 14.5. The number of thioether (sulfide) groups is 1. The highest BCUT2D eigenvalue weighted by Crippen LogP contribution is 2.60. The lowest BCUT2D eigenvalue weighted by atomic mass is 9.85. The van der Waals surface area contributed by atoms with E-state index in [0.29, 0.717) is 22.0 Å². The molecule has 2 aliphatic heterocycles. The van der Waals surface area contributed by atoms with Crippen molar-refractivity contribution in [3.05, 3.63) is 77.7 Å². The Hall–Kier alpha value is -3.59. The molecule has 2 atom stereocenters. The zero-order valence-corrected chi connectivity index (χ0v) is 16.1. The van der Waals surface area contributed by atoms with Gasteiger partial charge in [0.1, 0.15) is 22.3 Å². The highest BCUT2D eigenvalue weighted by molar-refractivity contribution is 8.01. The second-order valence-corrected chi connectivity index (χ2v) is 8.04. The molecule has 2 unspecified atom stereocenters. The van der Waals surface area contributed by atoms with Crippen LogP contribution in [-0.2, 0) is 9.54 Å². The number of carboxylic acid groups (broad SMARTS) is 1. The van der Waals surface area contributed by atoms with Gasteiger partial charge in [0.05, 0.1) is 11.7 Å². The molecule has 30 heavy (non-hydrogen) atoms. The maximum atomic E-state index is 15.3. The predicted molar refractivity (Wildman–Crippen MR) is 107 cm³/mol. The maximum absolute atomic E-state index is 15.3. The zero-order chi connectivity index (χ0) is 20.9. The van der Waals surface area contributed by atoms with E-state index in [2.05, 4.69) is 15.6 Å². The maximum Gasteiger partial charge on any atom is 0.327 e. The van der Waals surface area contributed by atoms with Crippen LogP contribution in [0.2, 0.25) is 0 Å². The summed E-state index contributed by atoms with van der Waals surface area (Å²) in [6.45, 7) is 0. The predicted octanol–water partition coefficient (Wildman–Crippen LogP) is 4.28. The largest absolute Gasteiger partial charge is 0.480 e. The number of aliphatic carboxylic acids is 1. The summed E-state index contributed by atoms with van der Waals surface area (Å²) in [4.78, 5) is 28.9. The van der Waals surface area contributed by atoms with Gasteiger partial charge in [-0.2, -0.15) is 0 Å². The van der Waals surface area contributed by atoms with E-state index in [-0.39, 0.29) is 11.3 Å². The number of nitrogens with zero attached hydrogens (tertiary/aromatic N) is 1. The van der Waals surface area contributed by atoms with Gasteiger partial charge in [0.2, 0.25) is 0 Å². The molecule has 3 heterocycles. The monoisotopic (exact) mass is 423 g/mol. The molecule has 0 saturated heterocycles. The van der Waals surface area contributed by atoms with Crippen LogP contribution in [0.15, 0.2) is 65.8 Å². The van der Waals surface area contributed by atoms with Crippen molar-refractivity contribution in [3.63, 3.8) is 0 Å². The van der Waals surface area contributed by atoms with Gasteiger partial charge in [0, 0.05) is 23.4 Å². The summed E-state index contributed by atoms with van der Waals surface area (Å²) in [5.74, 6) is -1.27.